The summed E-state index contributed by atoms with van der Waals surface area (Å²) >= 11 is 0. The van der Waals surface area contributed by atoms with Crippen molar-refractivity contribution in [2.24, 2.45) is 0 Å². The number of nitrogens with zero attached hydrogens (tertiary/aromatic N) is 4. The number of hydrogen-bond acceptors (Lipinski definition) is 2. The second-order valence-electron chi connectivity index (χ2n) is 11.6. The lowest BCUT2D eigenvalue weighted by atomic mass is 10.1. The van der Waals surface area contributed by atoms with Crippen LogP contribution < -0.4 is 0 Å². The number of hydrogen-bond donors (Lipinski definition) is 0. The molecule has 0 bridgehead atoms. The SMILES string of the molecule is CCc1ccc2c(c1)c1cc(CC)ccc1n2-c1cc(-n2c3ccc(CC)cc3c3cc(CC)ccc32)c(C#N)cc1C#N. The summed E-state index contributed by atoms with van der Waals surface area (Å²) in [4.78, 5) is 0. The van der Waals surface area contributed by atoms with Crippen LogP contribution in [0.25, 0.3) is 55.0 Å². The highest BCUT2D eigenvalue weighted by Gasteiger charge is 2.21. The van der Waals surface area contributed by atoms with E-state index in [2.05, 4.69) is 128 Å². The molecular weight excluding hydrogens is 536 g/mol. The van der Waals surface area contributed by atoms with Crippen LogP contribution in [0.2, 0.25) is 0 Å². The highest BCUT2D eigenvalue weighted by molar-refractivity contribution is 6.11. The molecule has 2 aromatic heterocycles. The Bertz CT molecular complexity index is 2070. The van der Waals surface area contributed by atoms with Gasteiger partial charge in [-0.25, -0.2) is 0 Å². The molecule has 0 fully saturated rings. The van der Waals surface area contributed by atoms with Crippen molar-refractivity contribution in [2.45, 2.75) is 53.4 Å². The minimum absolute atomic E-state index is 0.477. The summed E-state index contributed by atoms with van der Waals surface area (Å²) in [7, 11) is 0. The Morgan fingerprint density at radius 2 is 0.727 bits per heavy atom. The maximum absolute atomic E-state index is 10.4. The van der Waals surface area contributed by atoms with Crippen LogP contribution in [0, 0.1) is 22.7 Å². The largest absolute Gasteiger partial charge is 0.308 e. The van der Waals surface area contributed by atoms with Gasteiger partial charge in [0.1, 0.15) is 12.1 Å². The van der Waals surface area contributed by atoms with Crippen molar-refractivity contribution in [3.05, 3.63) is 118 Å². The third-order valence-electron chi connectivity index (χ3n) is 9.26. The smallest absolute Gasteiger partial charge is 0.101 e. The van der Waals surface area contributed by atoms with Crippen molar-refractivity contribution < 1.29 is 0 Å². The van der Waals surface area contributed by atoms with Gasteiger partial charge in [-0.05, 0) is 109 Å². The average molecular weight is 571 g/mol. The molecule has 2 heterocycles. The molecule has 0 aliphatic carbocycles. The minimum Gasteiger partial charge on any atom is -0.308 e. The van der Waals surface area contributed by atoms with E-state index >= 15 is 0 Å². The van der Waals surface area contributed by atoms with Crippen LogP contribution in [-0.2, 0) is 25.7 Å². The zero-order valence-electron chi connectivity index (χ0n) is 25.7. The number of rotatable bonds is 6. The fraction of sp³-hybridized carbons (Fsp3) is 0.200. The van der Waals surface area contributed by atoms with Crippen molar-refractivity contribution in [3.8, 4) is 23.5 Å². The number of aromatic nitrogens is 2. The molecule has 0 unspecified atom stereocenters. The Hall–Kier alpha value is -5.32. The summed E-state index contributed by atoms with van der Waals surface area (Å²) in [6.07, 6.45) is 3.81. The normalized spacial score (nSPS) is 11.5. The van der Waals surface area contributed by atoms with Gasteiger partial charge in [-0.15, -0.1) is 0 Å². The molecule has 7 rings (SSSR count). The van der Waals surface area contributed by atoms with Gasteiger partial charge in [0.05, 0.1) is 44.6 Å². The first-order valence-electron chi connectivity index (χ1n) is 15.6. The lowest BCUT2D eigenvalue weighted by Gasteiger charge is -2.16. The van der Waals surface area contributed by atoms with E-state index in [0.29, 0.717) is 11.1 Å². The topological polar surface area (TPSA) is 57.4 Å². The molecule has 0 atom stereocenters. The third kappa shape index (κ3) is 4.10. The van der Waals surface area contributed by atoms with E-state index in [1.165, 1.54) is 43.8 Å². The van der Waals surface area contributed by atoms with Crippen LogP contribution in [-0.4, -0.2) is 9.13 Å². The monoisotopic (exact) mass is 570 g/mol. The van der Waals surface area contributed by atoms with E-state index in [1.54, 1.807) is 6.07 Å². The standard InChI is InChI=1S/C40H34N4/c1-5-25-9-13-35-31(17-25)32-18-26(6-2)10-14-36(32)43(35)39-22-40(30(24-42)21-29(39)23-41)44-37-15-11-27(7-3)19-33(37)34-20-28(8-4)12-16-38(34)44/h9-22H,5-8H2,1-4H3. The molecule has 0 spiro atoms. The molecule has 44 heavy (non-hydrogen) atoms. The second kappa shape index (κ2) is 10.7. The average Bonchev–Trinajstić information content (AvgIpc) is 3.58. The first-order chi connectivity index (χ1) is 21.5. The van der Waals surface area contributed by atoms with Crippen LogP contribution in [0.5, 0.6) is 0 Å². The van der Waals surface area contributed by atoms with E-state index in [9.17, 15) is 10.5 Å². The molecule has 5 aromatic carbocycles. The molecule has 0 saturated heterocycles. The van der Waals surface area contributed by atoms with Crippen LogP contribution in [0.3, 0.4) is 0 Å². The first-order valence-corrected chi connectivity index (χ1v) is 15.6. The van der Waals surface area contributed by atoms with Crippen molar-refractivity contribution in [1.29, 1.82) is 10.5 Å². The number of fused-ring (bicyclic) bond motifs is 6. The fourth-order valence-corrected chi connectivity index (χ4v) is 6.76. The Morgan fingerprint density at radius 1 is 0.432 bits per heavy atom. The molecule has 214 valence electrons. The quantitative estimate of drug-likeness (QED) is 0.200. The Labute approximate surface area is 258 Å². The maximum Gasteiger partial charge on any atom is 0.101 e. The fourth-order valence-electron chi connectivity index (χ4n) is 6.76. The molecule has 0 N–H and O–H groups in total. The Balaban J connectivity index is 1.61. The summed E-state index contributed by atoms with van der Waals surface area (Å²) in [5.41, 5.74) is 11.9. The van der Waals surface area contributed by atoms with Crippen molar-refractivity contribution in [2.75, 3.05) is 0 Å². The van der Waals surface area contributed by atoms with E-state index in [1.807, 2.05) is 0 Å². The zero-order chi connectivity index (χ0) is 30.5. The zero-order valence-corrected chi connectivity index (χ0v) is 25.7. The lowest BCUT2D eigenvalue weighted by Crippen LogP contribution is -2.04. The highest BCUT2D eigenvalue weighted by Crippen LogP contribution is 2.39. The number of benzene rings is 5. The molecule has 4 nitrogen and oxygen atoms in total. The highest BCUT2D eigenvalue weighted by atomic mass is 15.0. The van der Waals surface area contributed by atoms with Gasteiger partial charge in [0.2, 0.25) is 0 Å². The van der Waals surface area contributed by atoms with Gasteiger partial charge < -0.3 is 9.13 Å². The van der Waals surface area contributed by atoms with Gasteiger partial charge in [0.25, 0.3) is 0 Å². The van der Waals surface area contributed by atoms with Crippen LogP contribution >= 0.6 is 0 Å². The third-order valence-corrected chi connectivity index (χ3v) is 9.26. The van der Waals surface area contributed by atoms with E-state index in [4.69, 9.17) is 0 Å². The molecule has 0 aliphatic heterocycles. The molecule has 0 amide bonds. The van der Waals surface area contributed by atoms with Crippen LogP contribution in [0.1, 0.15) is 61.1 Å². The van der Waals surface area contributed by atoms with Gasteiger partial charge >= 0.3 is 0 Å². The molecule has 7 aromatic rings. The first kappa shape index (κ1) is 27.5. The molecule has 4 heteroatoms. The van der Waals surface area contributed by atoms with Gasteiger partial charge in [0, 0.05) is 21.5 Å². The molecule has 0 radical (unpaired) electrons. The summed E-state index contributed by atoms with van der Waals surface area (Å²) < 4.78 is 4.43. The van der Waals surface area contributed by atoms with Gasteiger partial charge in [-0.3, -0.25) is 0 Å². The lowest BCUT2D eigenvalue weighted by molar-refractivity contribution is 1.10. The summed E-state index contributed by atoms with van der Waals surface area (Å²) in [6.45, 7) is 8.71. The van der Waals surface area contributed by atoms with E-state index < -0.39 is 0 Å². The summed E-state index contributed by atoms with van der Waals surface area (Å²) in [6, 6.07) is 35.2. The van der Waals surface area contributed by atoms with Gasteiger partial charge in [0.15, 0.2) is 0 Å². The predicted molar refractivity (Wildman–Crippen MR) is 182 cm³/mol. The predicted octanol–water partition coefficient (Wildman–Crippen LogP) is 9.87. The molecular formula is C40H34N4. The molecule has 0 saturated carbocycles. The van der Waals surface area contributed by atoms with Gasteiger partial charge in [-0.2, -0.15) is 10.5 Å². The van der Waals surface area contributed by atoms with E-state index in [0.717, 1.165) is 59.1 Å². The molecule has 0 aliphatic rings. The van der Waals surface area contributed by atoms with Crippen LogP contribution in [0.4, 0.5) is 0 Å². The Kier molecular flexibility index (Phi) is 6.72. The van der Waals surface area contributed by atoms with Gasteiger partial charge in [-0.1, -0.05) is 52.0 Å². The van der Waals surface area contributed by atoms with Crippen molar-refractivity contribution >= 4 is 43.6 Å². The van der Waals surface area contributed by atoms with E-state index in [-0.39, 0.29) is 0 Å². The number of aryl methyl sites for hydroxylation is 4. The minimum atomic E-state index is 0.477. The number of nitriles is 2. The van der Waals surface area contributed by atoms with Crippen LogP contribution in [0.15, 0.2) is 84.9 Å². The second-order valence-corrected chi connectivity index (χ2v) is 11.6. The Morgan fingerprint density at radius 3 is 0.977 bits per heavy atom. The summed E-state index contributed by atoms with van der Waals surface area (Å²) in [5, 5.41) is 25.6. The summed E-state index contributed by atoms with van der Waals surface area (Å²) in [5.74, 6) is 0. The van der Waals surface area contributed by atoms with Crippen molar-refractivity contribution in [1.82, 2.24) is 9.13 Å². The van der Waals surface area contributed by atoms with Crippen molar-refractivity contribution in [3.63, 3.8) is 0 Å². The maximum atomic E-state index is 10.4.